The number of rotatable bonds is 8. The van der Waals surface area contributed by atoms with Gasteiger partial charge >= 0.3 is 5.69 Å². The summed E-state index contributed by atoms with van der Waals surface area (Å²) in [5, 5.41) is 7.69. The molecule has 9 rings (SSSR count). The lowest BCUT2D eigenvalue weighted by atomic mass is 9.68. The molecule has 4 aromatic heterocycles. The van der Waals surface area contributed by atoms with Crippen molar-refractivity contribution in [1.29, 1.82) is 0 Å². The maximum absolute atomic E-state index is 16.5. The summed E-state index contributed by atoms with van der Waals surface area (Å²) in [6, 6.07) is 10.0. The van der Waals surface area contributed by atoms with E-state index in [1.54, 1.807) is 54.4 Å². The first-order valence-electron chi connectivity index (χ1n) is 19.3. The normalized spacial score (nSPS) is 19.0. The van der Waals surface area contributed by atoms with Crippen LogP contribution in [0.5, 0.6) is 11.5 Å². The Morgan fingerprint density at radius 1 is 0.915 bits per heavy atom. The zero-order valence-electron chi connectivity index (χ0n) is 33.3. The molecule has 7 heterocycles. The van der Waals surface area contributed by atoms with Gasteiger partial charge in [-0.25, -0.2) is 13.6 Å². The Bertz CT molecular complexity index is 2810. The number of halogens is 2. The van der Waals surface area contributed by atoms with E-state index >= 15 is 8.78 Å². The number of aromatic nitrogens is 6. The van der Waals surface area contributed by atoms with Crippen molar-refractivity contribution < 1.29 is 27.8 Å². The van der Waals surface area contributed by atoms with Gasteiger partial charge in [0.05, 0.1) is 65.7 Å². The van der Waals surface area contributed by atoms with Crippen molar-refractivity contribution >= 4 is 39.3 Å². The number of fused-ring (bicyclic) bond motifs is 2. The number of benzene rings is 2. The summed E-state index contributed by atoms with van der Waals surface area (Å²) < 4.78 is 50.7. The summed E-state index contributed by atoms with van der Waals surface area (Å²) in [5.74, 6) is -3.04. The van der Waals surface area contributed by atoms with Gasteiger partial charge in [0.25, 0.3) is 11.5 Å². The second-order valence-electron chi connectivity index (χ2n) is 16.0. The van der Waals surface area contributed by atoms with Crippen molar-refractivity contribution in [2.45, 2.75) is 37.8 Å². The van der Waals surface area contributed by atoms with Crippen LogP contribution in [0.1, 0.15) is 30.9 Å². The minimum atomic E-state index is -3.05. The molecular formula is C42H43F2N9O6. The van der Waals surface area contributed by atoms with E-state index in [9.17, 15) is 19.2 Å². The highest BCUT2D eigenvalue weighted by atomic mass is 19.3. The monoisotopic (exact) mass is 807 g/mol. The van der Waals surface area contributed by atoms with Crippen LogP contribution >= 0.6 is 0 Å². The van der Waals surface area contributed by atoms with Gasteiger partial charge in [0.2, 0.25) is 11.8 Å². The van der Waals surface area contributed by atoms with E-state index in [0.29, 0.717) is 62.4 Å². The highest BCUT2D eigenvalue weighted by molar-refractivity contribution is 6.01. The predicted molar refractivity (Wildman–Crippen MR) is 216 cm³/mol. The topological polar surface area (TPSA) is 151 Å². The average molecular weight is 808 g/mol. The van der Waals surface area contributed by atoms with Crippen molar-refractivity contribution in [1.82, 2.24) is 38.7 Å². The van der Waals surface area contributed by atoms with E-state index in [1.807, 2.05) is 42.4 Å². The fourth-order valence-corrected chi connectivity index (χ4v) is 9.19. The van der Waals surface area contributed by atoms with Gasteiger partial charge < -0.3 is 18.9 Å². The zero-order chi connectivity index (χ0) is 41.5. The number of aryl methyl sites for hydroxylation is 3. The molecule has 3 fully saturated rings. The Morgan fingerprint density at radius 3 is 2.32 bits per heavy atom. The summed E-state index contributed by atoms with van der Waals surface area (Å²) >= 11 is 0. The van der Waals surface area contributed by atoms with Crippen LogP contribution in [-0.4, -0.2) is 91.5 Å². The second-order valence-corrected chi connectivity index (χ2v) is 16.0. The number of ether oxygens (including phenoxy) is 2. The molecule has 1 N–H and O–H groups in total. The minimum absolute atomic E-state index is 0.0949. The Hall–Kier alpha value is -6.36. The standard InChI is InChI=1S/C42H43F2N9O6/c1-48-19-28(26-15-30(25-16-46-49(2)18-25)45-17-27(26)39(48)56)24-13-34(58-4)29(35(14-24)59-5)20-51-12-11-41(42(43,44)23-51)21-52(22-41)31-7-6-8-32-37(31)50(3)40(57)53(32)33-9-10-36(54)47-38(33)55/h6-8,13-19,33H,9-12,20-23H2,1-5H3,(H,47,54,55). The van der Waals surface area contributed by atoms with Crippen LogP contribution in [0.25, 0.3) is 44.2 Å². The molecule has 0 aliphatic carbocycles. The van der Waals surface area contributed by atoms with E-state index < -0.39 is 35.5 Å². The zero-order valence-corrected chi connectivity index (χ0v) is 33.3. The highest BCUT2D eigenvalue weighted by Crippen LogP contribution is 2.52. The first kappa shape index (κ1) is 38.2. The molecule has 0 radical (unpaired) electrons. The molecule has 1 atom stereocenters. The molecule has 2 aromatic carbocycles. The number of para-hydroxylation sites is 1. The number of imide groups is 1. The van der Waals surface area contributed by atoms with Crippen LogP contribution in [0.4, 0.5) is 14.5 Å². The summed E-state index contributed by atoms with van der Waals surface area (Å²) in [5.41, 5.74) is 3.34. The van der Waals surface area contributed by atoms with Crippen LogP contribution in [0, 0.1) is 5.41 Å². The number of alkyl halides is 2. The van der Waals surface area contributed by atoms with Crippen LogP contribution in [-0.2, 0) is 37.3 Å². The fraction of sp³-hybridized carbons (Fsp3) is 0.381. The van der Waals surface area contributed by atoms with Crippen molar-refractivity contribution in [3.05, 3.63) is 87.6 Å². The number of carbonyl (C=O) groups excluding carboxylic acids is 2. The van der Waals surface area contributed by atoms with Crippen molar-refractivity contribution in [2.75, 3.05) is 45.3 Å². The number of imidazole rings is 1. The lowest BCUT2D eigenvalue weighted by Gasteiger charge is -2.58. The molecule has 0 bridgehead atoms. The number of hydrogen-bond donors (Lipinski definition) is 1. The van der Waals surface area contributed by atoms with Gasteiger partial charge in [-0.05, 0) is 55.3 Å². The van der Waals surface area contributed by atoms with Crippen LogP contribution in [0.3, 0.4) is 0 Å². The number of anilines is 1. The largest absolute Gasteiger partial charge is 0.496 e. The first-order valence-corrected chi connectivity index (χ1v) is 19.3. The lowest BCUT2D eigenvalue weighted by Crippen LogP contribution is -2.70. The Morgan fingerprint density at radius 2 is 1.66 bits per heavy atom. The van der Waals surface area contributed by atoms with E-state index in [4.69, 9.17) is 9.47 Å². The van der Waals surface area contributed by atoms with E-state index in [2.05, 4.69) is 15.4 Å². The Kier molecular flexibility index (Phi) is 8.99. The van der Waals surface area contributed by atoms with Crippen molar-refractivity contribution in [3.8, 4) is 33.9 Å². The molecule has 17 heteroatoms. The SMILES string of the molecule is COc1cc(-c2cn(C)c(=O)c3cnc(-c4cnn(C)c4)cc23)cc(OC)c1CN1CCC2(CN(c3cccc4c3n(C)c(=O)n4C3CCC(=O)NC3=O)C2)C(F)(F)C1. The van der Waals surface area contributed by atoms with Gasteiger partial charge in [0.15, 0.2) is 0 Å². The summed E-state index contributed by atoms with van der Waals surface area (Å²) in [6.45, 7) is 0.274. The fourth-order valence-electron chi connectivity index (χ4n) is 9.19. The van der Waals surface area contributed by atoms with Crippen LogP contribution in [0.2, 0.25) is 0 Å². The predicted octanol–water partition coefficient (Wildman–Crippen LogP) is 4.00. The first-order chi connectivity index (χ1) is 28.2. The molecule has 2 amide bonds. The van der Waals surface area contributed by atoms with E-state index in [-0.39, 0.29) is 50.4 Å². The third-order valence-electron chi connectivity index (χ3n) is 12.4. The summed E-state index contributed by atoms with van der Waals surface area (Å²) in [6.07, 6.45) is 7.43. The molecule has 6 aromatic rings. The van der Waals surface area contributed by atoms with Crippen molar-refractivity contribution in [2.24, 2.45) is 26.6 Å². The molecule has 3 aliphatic heterocycles. The third-order valence-corrected chi connectivity index (χ3v) is 12.4. The van der Waals surface area contributed by atoms with Crippen molar-refractivity contribution in [3.63, 3.8) is 0 Å². The van der Waals surface area contributed by atoms with Gasteiger partial charge in [-0.15, -0.1) is 0 Å². The molecule has 306 valence electrons. The molecule has 3 saturated heterocycles. The quantitative estimate of drug-likeness (QED) is 0.224. The molecule has 15 nitrogen and oxygen atoms in total. The Balaban J connectivity index is 0.969. The maximum Gasteiger partial charge on any atom is 0.329 e. The number of amides is 2. The summed E-state index contributed by atoms with van der Waals surface area (Å²) in [7, 11) is 8.16. The number of carbonyl (C=O) groups is 2. The smallest absolute Gasteiger partial charge is 0.329 e. The number of pyridine rings is 2. The third kappa shape index (κ3) is 6.08. The second kappa shape index (κ2) is 13.9. The number of hydrogen-bond acceptors (Lipinski definition) is 10. The highest BCUT2D eigenvalue weighted by Gasteiger charge is 2.62. The van der Waals surface area contributed by atoms with Gasteiger partial charge in [0.1, 0.15) is 17.5 Å². The average Bonchev–Trinajstić information content (AvgIpc) is 3.74. The van der Waals surface area contributed by atoms with Gasteiger partial charge in [0, 0.05) is 82.3 Å². The van der Waals surface area contributed by atoms with Crippen LogP contribution in [0.15, 0.2) is 70.8 Å². The maximum atomic E-state index is 16.5. The summed E-state index contributed by atoms with van der Waals surface area (Å²) in [4.78, 5) is 59.4. The number of piperidine rings is 2. The van der Waals surface area contributed by atoms with Crippen LogP contribution < -0.4 is 30.9 Å². The van der Waals surface area contributed by atoms with Gasteiger partial charge in [-0.1, -0.05) is 6.07 Å². The Labute approximate surface area is 336 Å². The number of nitrogens with one attached hydrogen (secondary N) is 1. The van der Waals surface area contributed by atoms with Gasteiger partial charge in [-0.2, -0.15) is 5.10 Å². The number of likely N-dealkylation sites (tertiary alicyclic amines) is 1. The number of nitrogens with zero attached hydrogens (tertiary/aromatic N) is 8. The molecule has 0 saturated carbocycles. The van der Waals surface area contributed by atoms with E-state index in [1.165, 1.54) is 27.9 Å². The van der Waals surface area contributed by atoms with E-state index in [0.717, 1.165) is 11.1 Å². The molecular weight excluding hydrogens is 765 g/mol. The van der Waals surface area contributed by atoms with Gasteiger partial charge in [-0.3, -0.25) is 43.4 Å². The number of methoxy groups -OCH3 is 2. The molecule has 1 unspecified atom stereocenters. The minimum Gasteiger partial charge on any atom is -0.496 e. The molecule has 3 aliphatic rings. The molecule has 1 spiro atoms. The lowest BCUT2D eigenvalue weighted by molar-refractivity contribution is -0.181. The molecule has 59 heavy (non-hydrogen) atoms.